The molecule has 5 rings (SSSR count). The molecule has 7 nitrogen and oxygen atoms in total. The number of hydrogen-bond acceptors (Lipinski definition) is 6. The van der Waals surface area contributed by atoms with E-state index < -0.39 is 6.04 Å². The Kier molecular flexibility index (Phi) is 6.19. The number of thiophene rings is 1. The zero-order valence-corrected chi connectivity index (χ0v) is 19.1. The van der Waals surface area contributed by atoms with Crippen molar-refractivity contribution < 1.29 is 9.53 Å². The van der Waals surface area contributed by atoms with E-state index >= 15 is 0 Å². The molecule has 4 aromatic rings. The van der Waals surface area contributed by atoms with Crippen LogP contribution in [0.3, 0.4) is 0 Å². The average molecular weight is 460 g/mol. The molecule has 1 aliphatic heterocycles. The van der Waals surface area contributed by atoms with E-state index in [2.05, 4.69) is 37.5 Å². The second kappa shape index (κ2) is 9.56. The molecule has 33 heavy (non-hydrogen) atoms. The first-order valence-corrected chi connectivity index (χ1v) is 11.8. The summed E-state index contributed by atoms with van der Waals surface area (Å²) in [6, 6.07) is 21.5. The van der Waals surface area contributed by atoms with Crippen molar-refractivity contribution in [2.45, 2.75) is 13.0 Å². The Morgan fingerprint density at radius 2 is 1.79 bits per heavy atom. The number of nitrogens with zero attached hydrogens (tertiary/aromatic N) is 3. The fraction of sp³-hybridized carbons (Fsp3) is 0.240. The molecule has 1 saturated heterocycles. The number of ether oxygens (including phenoxy) is 1. The highest BCUT2D eigenvalue weighted by atomic mass is 32.1. The highest BCUT2D eigenvalue weighted by Crippen LogP contribution is 2.39. The summed E-state index contributed by atoms with van der Waals surface area (Å²) >= 11 is 1.52. The Bertz CT molecular complexity index is 1220. The van der Waals surface area contributed by atoms with Crippen LogP contribution in [0.5, 0.6) is 0 Å². The lowest BCUT2D eigenvalue weighted by Crippen LogP contribution is -2.35. The maximum absolute atomic E-state index is 13.5. The number of H-pyrrole nitrogens is 1. The van der Waals surface area contributed by atoms with Crippen LogP contribution in [0.2, 0.25) is 0 Å². The summed E-state index contributed by atoms with van der Waals surface area (Å²) in [7, 11) is 0. The Balaban J connectivity index is 1.49. The van der Waals surface area contributed by atoms with Crippen molar-refractivity contribution >= 4 is 22.2 Å². The van der Waals surface area contributed by atoms with E-state index in [1.54, 1.807) is 0 Å². The fourth-order valence-electron chi connectivity index (χ4n) is 3.95. The minimum Gasteiger partial charge on any atom is -0.378 e. The van der Waals surface area contributed by atoms with Gasteiger partial charge in [-0.05, 0) is 24.1 Å². The standard InChI is InChI=1S/C25H25N5O2S/c1-17-26-23(29-28-17)22(19-10-6-3-7-11-19)27-24(31)21-16-20(18-8-4-2-5-9-18)25(33-21)30-12-14-32-15-13-30/h2-11,16,22H,12-15H2,1H3,(H,27,31)(H,26,28,29). The van der Waals surface area contributed by atoms with Crippen LogP contribution in [0.15, 0.2) is 66.7 Å². The molecule has 0 bridgehead atoms. The molecule has 1 fully saturated rings. The van der Waals surface area contributed by atoms with E-state index in [-0.39, 0.29) is 5.91 Å². The van der Waals surface area contributed by atoms with Gasteiger partial charge >= 0.3 is 0 Å². The van der Waals surface area contributed by atoms with Crippen LogP contribution >= 0.6 is 11.3 Å². The number of anilines is 1. The second-order valence-corrected chi connectivity index (χ2v) is 8.92. The van der Waals surface area contributed by atoms with Crippen molar-refractivity contribution in [1.82, 2.24) is 20.5 Å². The predicted molar refractivity (Wildman–Crippen MR) is 130 cm³/mol. The van der Waals surface area contributed by atoms with Gasteiger partial charge in [-0.3, -0.25) is 9.89 Å². The van der Waals surface area contributed by atoms with Crippen LogP contribution in [-0.2, 0) is 4.74 Å². The lowest BCUT2D eigenvalue weighted by atomic mass is 10.1. The van der Waals surface area contributed by atoms with Gasteiger partial charge in [-0.25, -0.2) is 4.98 Å². The summed E-state index contributed by atoms with van der Waals surface area (Å²) in [6.45, 7) is 4.84. The van der Waals surface area contributed by atoms with Gasteiger partial charge in [-0.2, -0.15) is 5.10 Å². The van der Waals surface area contributed by atoms with E-state index in [1.165, 1.54) is 11.3 Å². The van der Waals surface area contributed by atoms with Crippen molar-refractivity contribution in [1.29, 1.82) is 0 Å². The molecular weight excluding hydrogens is 434 g/mol. The molecule has 1 aliphatic rings. The van der Waals surface area contributed by atoms with Crippen LogP contribution in [-0.4, -0.2) is 47.4 Å². The van der Waals surface area contributed by atoms with Gasteiger partial charge in [-0.1, -0.05) is 60.7 Å². The Morgan fingerprint density at radius 3 is 2.45 bits per heavy atom. The lowest BCUT2D eigenvalue weighted by Gasteiger charge is -2.28. The van der Waals surface area contributed by atoms with Gasteiger partial charge in [0.25, 0.3) is 5.91 Å². The first kappa shape index (κ1) is 21.4. The maximum Gasteiger partial charge on any atom is 0.262 e. The topological polar surface area (TPSA) is 83.1 Å². The SMILES string of the molecule is Cc1nc(C(NC(=O)c2cc(-c3ccccc3)c(N3CCOCC3)s2)c2ccccc2)n[nH]1. The molecule has 8 heteroatoms. The van der Waals surface area contributed by atoms with Crippen molar-refractivity contribution in [2.24, 2.45) is 0 Å². The molecule has 2 N–H and O–H groups in total. The van der Waals surface area contributed by atoms with Crippen LogP contribution in [0.1, 0.15) is 32.9 Å². The highest BCUT2D eigenvalue weighted by molar-refractivity contribution is 7.18. The lowest BCUT2D eigenvalue weighted by molar-refractivity contribution is 0.0945. The number of rotatable bonds is 6. The first-order valence-electron chi connectivity index (χ1n) is 11.0. The van der Waals surface area contributed by atoms with Gasteiger partial charge in [0.2, 0.25) is 0 Å². The molecule has 2 aromatic heterocycles. The molecule has 0 spiro atoms. The molecule has 1 atom stereocenters. The maximum atomic E-state index is 13.5. The van der Waals surface area contributed by atoms with Crippen LogP contribution < -0.4 is 10.2 Å². The molecular formula is C25H25N5O2S. The molecule has 0 aliphatic carbocycles. The van der Waals surface area contributed by atoms with E-state index in [9.17, 15) is 4.79 Å². The number of nitrogens with one attached hydrogen (secondary N) is 2. The van der Waals surface area contributed by atoms with Crippen molar-refractivity contribution in [3.05, 3.63) is 88.8 Å². The van der Waals surface area contributed by atoms with Gasteiger partial charge < -0.3 is 15.0 Å². The van der Waals surface area contributed by atoms with E-state index in [0.29, 0.717) is 29.7 Å². The molecule has 168 valence electrons. The van der Waals surface area contributed by atoms with Gasteiger partial charge in [0.15, 0.2) is 5.82 Å². The number of carbonyl (C=O) groups is 1. The molecule has 2 aromatic carbocycles. The smallest absolute Gasteiger partial charge is 0.262 e. The largest absolute Gasteiger partial charge is 0.378 e. The Labute approximate surface area is 196 Å². The van der Waals surface area contributed by atoms with Crippen molar-refractivity contribution in [3.8, 4) is 11.1 Å². The summed E-state index contributed by atoms with van der Waals surface area (Å²) in [5.41, 5.74) is 3.09. The third kappa shape index (κ3) is 4.67. The number of amides is 1. The number of aryl methyl sites for hydroxylation is 1. The first-order chi connectivity index (χ1) is 16.2. The van der Waals surface area contributed by atoms with Crippen LogP contribution in [0.4, 0.5) is 5.00 Å². The Hall–Kier alpha value is -3.49. The van der Waals surface area contributed by atoms with Gasteiger partial charge in [0.05, 0.1) is 23.1 Å². The van der Waals surface area contributed by atoms with Gasteiger partial charge in [-0.15, -0.1) is 11.3 Å². The summed E-state index contributed by atoms with van der Waals surface area (Å²) in [5, 5.41) is 11.4. The molecule has 0 saturated carbocycles. The summed E-state index contributed by atoms with van der Waals surface area (Å²) in [4.78, 5) is 20.9. The van der Waals surface area contributed by atoms with Crippen molar-refractivity contribution in [3.63, 3.8) is 0 Å². The van der Waals surface area contributed by atoms with Crippen LogP contribution in [0, 0.1) is 6.92 Å². The predicted octanol–water partition coefficient (Wildman–Crippen LogP) is 4.20. The minimum absolute atomic E-state index is 0.145. The quantitative estimate of drug-likeness (QED) is 0.452. The average Bonchev–Trinajstić information content (AvgIpc) is 3.51. The minimum atomic E-state index is -0.447. The molecule has 1 amide bonds. The van der Waals surface area contributed by atoms with Gasteiger partial charge in [0, 0.05) is 18.7 Å². The van der Waals surface area contributed by atoms with Crippen LogP contribution in [0.25, 0.3) is 11.1 Å². The number of benzene rings is 2. The number of hydrogen-bond donors (Lipinski definition) is 2. The third-order valence-electron chi connectivity index (χ3n) is 5.60. The van der Waals surface area contributed by atoms with Gasteiger partial charge in [0.1, 0.15) is 11.9 Å². The van der Waals surface area contributed by atoms with E-state index in [1.807, 2.05) is 61.5 Å². The summed E-state index contributed by atoms with van der Waals surface area (Å²) < 4.78 is 5.54. The number of aromatic nitrogens is 3. The molecule has 0 radical (unpaired) electrons. The highest BCUT2D eigenvalue weighted by Gasteiger charge is 2.25. The monoisotopic (exact) mass is 459 g/mol. The third-order valence-corrected chi connectivity index (χ3v) is 6.80. The summed E-state index contributed by atoms with van der Waals surface area (Å²) in [5.74, 6) is 1.10. The number of morpholine rings is 1. The fourth-order valence-corrected chi connectivity index (χ4v) is 5.09. The normalized spacial score (nSPS) is 14.8. The zero-order valence-electron chi connectivity index (χ0n) is 18.3. The zero-order chi connectivity index (χ0) is 22.6. The number of carbonyl (C=O) groups excluding carboxylic acids is 1. The molecule has 1 unspecified atom stereocenters. The van der Waals surface area contributed by atoms with E-state index in [4.69, 9.17) is 4.74 Å². The van der Waals surface area contributed by atoms with E-state index in [0.717, 1.165) is 34.8 Å². The number of aromatic amines is 1. The summed E-state index contributed by atoms with van der Waals surface area (Å²) in [6.07, 6.45) is 0. The Morgan fingerprint density at radius 1 is 1.09 bits per heavy atom. The van der Waals surface area contributed by atoms with Crippen molar-refractivity contribution in [2.75, 3.05) is 31.2 Å². The molecule has 3 heterocycles. The second-order valence-electron chi connectivity index (χ2n) is 7.89.